The van der Waals surface area contributed by atoms with Crippen molar-refractivity contribution in [2.45, 2.75) is 25.8 Å². The number of hydrazine groups is 1. The van der Waals surface area contributed by atoms with Gasteiger partial charge in [-0.3, -0.25) is 5.43 Å². The number of nitrogens with one attached hydrogen (secondary N) is 2. The topological polar surface area (TPSA) is 85.1 Å². The van der Waals surface area contributed by atoms with Crippen molar-refractivity contribution < 1.29 is 4.74 Å². The Balaban J connectivity index is 2.76. The van der Waals surface area contributed by atoms with Crippen LogP contribution in [0.2, 0.25) is 5.02 Å². The maximum atomic E-state index is 6.00. The molecule has 1 aromatic rings. The van der Waals surface area contributed by atoms with Gasteiger partial charge in [-0.15, -0.1) is 0 Å². The highest BCUT2D eigenvalue weighted by Crippen LogP contribution is 2.20. The second kappa shape index (κ2) is 7.26. The van der Waals surface area contributed by atoms with E-state index < -0.39 is 0 Å². The highest BCUT2D eigenvalue weighted by molar-refractivity contribution is 6.32. The summed E-state index contributed by atoms with van der Waals surface area (Å²) < 4.78 is 5.14. The number of aromatic nitrogens is 2. The first-order valence-electron chi connectivity index (χ1n) is 5.45. The summed E-state index contributed by atoms with van der Waals surface area (Å²) in [5.41, 5.74) is 2.38. The van der Waals surface area contributed by atoms with E-state index in [1.54, 1.807) is 7.11 Å². The third-order valence-corrected chi connectivity index (χ3v) is 2.50. The van der Waals surface area contributed by atoms with Crippen LogP contribution in [-0.2, 0) is 4.74 Å². The van der Waals surface area contributed by atoms with Crippen LogP contribution < -0.4 is 16.6 Å². The zero-order valence-corrected chi connectivity index (χ0v) is 10.8. The first kappa shape index (κ1) is 14.0. The number of hydrogen-bond donors (Lipinski definition) is 3. The van der Waals surface area contributed by atoms with E-state index in [0.717, 1.165) is 12.8 Å². The maximum absolute atomic E-state index is 6.00. The number of anilines is 2. The van der Waals surface area contributed by atoms with Gasteiger partial charge in [0.2, 0.25) is 5.95 Å². The lowest BCUT2D eigenvalue weighted by Crippen LogP contribution is -2.25. The molecule has 4 N–H and O–H groups in total. The number of ether oxygens (including phenoxy) is 1. The molecule has 1 rings (SSSR count). The average Bonchev–Trinajstić information content (AvgIpc) is 2.32. The lowest BCUT2D eigenvalue weighted by Gasteiger charge is -2.18. The SMILES string of the molecule is CCCC(COC)Nc1nc(NN)ncc1Cl. The van der Waals surface area contributed by atoms with E-state index in [4.69, 9.17) is 22.2 Å². The normalized spacial score (nSPS) is 12.2. The number of hydrogen-bond acceptors (Lipinski definition) is 6. The van der Waals surface area contributed by atoms with Crippen LogP contribution in [0.15, 0.2) is 6.20 Å². The zero-order chi connectivity index (χ0) is 12.7. The van der Waals surface area contributed by atoms with E-state index in [0.29, 0.717) is 23.4 Å². The Hall–Kier alpha value is -1.11. The summed E-state index contributed by atoms with van der Waals surface area (Å²) in [5, 5.41) is 3.68. The summed E-state index contributed by atoms with van der Waals surface area (Å²) in [6, 6.07) is 0.169. The summed E-state index contributed by atoms with van der Waals surface area (Å²) >= 11 is 6.00. The quantitative estimate of drug-likeness (QED) is 0.510. The van der Waals surface area contributed by atoms with Crippen molar-refractivity contribution in [1.29, 1.82) is 0 Å². The standard InChI is InChI=1S/C10H18ClN5O/c1-3-4-7(6-17-2)14-9-8(11)5-13-10(15-9)16-12/h5,7H,3-4,6,12H2,1-2H3,(H2,13,14,15,16). The van der Waals surface area contributed by atoms with E-state index >= 15 is 0 Å². The molecule has 96 valence electrons. The van der Waals surface area contributed by atoms with Crippen LogP contribution >= 0.6 is 11.6 Å². The number of methoxy groups -OCH3 is 1. The third-order valence-electron chi connectivity index (χ3n) is 2.22. The molecule has 1 atom stereocenters. The molecule has 0 fully saturated rings. The largest absolute Gasteiger partial charge is 0.383 e. The molecule has 1 heterocycles. The molecule has 1 unspecified atom stereocenters. The average molecular weight is 260 g/mol. The van der Waals surface area contributed by atoms with Crippen molar-refractivity contribution in [2.75, 3.05) is 24.5 Å². The van der Waals surface area contributed by atoms with Gasteiger partial charge in [0.1, 0.15) is 5.02 Å². The van der Waals surface area contributed by atoms with Crippen molar-refractivity contribution in [1.82, 2.24) is 9.97 Å². The minimum atomic E-state index is 0.169. The fraction of sp³-hybridized carbons (Fsp3) is 0.600. The molecular formula is C10H18ClN5O. The lowest BCUT2D eigenvalue weighted by molar-refractivity contribution is 0.182. The summed E-state index contributed by atoms with van der Waals surface area (Å²) in [6.45, 7) is 2.71. The van der Waals surface area contributed by atoms with Crippen molar-refractivity contribution in [3.63, 3.8) is 0 Å². The van der Waals surface area contributed by atoms with E-state index in [9.17, 15) is 0 Å². The lowest BCUT2D eigenvalue weighted by atomic mass is 10.2. The molecule has 0 bridgehead atoms. The Kier molecular flexibility index (Phi) is 5.96. The molecule has 6 nitrogen and oxygen atoms in total. The second-order valence-electron chi connectivity index (χ2n) is 3.62. The number of halogens is 1. The first-order valence-corrected chi connectivity index (χ1v) is 5.83. The van der Waals surface area contributed by atoms with Gasteiger partial charge >= 0.3 is 0 Å². The number of nitrogens with zero attached hydrogens (tertiary/aromatic N) is 2. The molecular weight excluding hydrogens is 242 g/mol. The van der Waals surface area contributed by atoms with Gasteiger partial charge < -0.3 is 10.1 Å². The molecule has 1 aromatic heterocycles. The minimum absolute atomic E-state index is 0.169. The van der Waals surface area contributed by atoms with Crippen LogP contribution in [0.25, 0.3) is 0 Å². The summed E-state index contributed by atoms with van der Waals surface area (Å²) in [5.74, 6) is 6.13. The molecule has 0 spiro atoms. The van der Waals surface area contributed by atoms with Crippen LogP contribution in [0.3, 0.4) is 0 Å². The molecule has 0 aromatic carbocycles. The van der Waals surface area contributed by atoms with Crippen LogP contribution in [0.1, 0.15) is 19.8 Å². The first-order chi connectivity index (χ1) is 8.21. The van der Waals surface area contributed by atoms with Crippen LogP contribution in [0.5, 0.6) is 0 Å². The Morgan fingerprint density at radius 1 is 1.59 bits per heavy atom. The Labute approximate surface area is 106 Å². The monoisotopic (exact) mass is 259 g/mol. The smallest absolute Gasteiger partial charge is 0.239 e. The molecule has 0 aliphatic heterocycles. The summed E-state index contributed by atoms with van der Waals surface area (Å²) in [4.78, 5) is 8.06. The number of rotatable bonds is 7. The highest BCUT2D eigenvalue weighted by atomic mass is 35.5. The fourth-order valence-electron chi connectivity index (χ4n) is 1.48. The Morgan fingerprint density at radius 3 is 2.94 bits per heavy atom. The predicted octanol–water partition coefficient (Wildman–Crippen LogP) is 1.64. The van der Waals surface area contributed by atoms with Crippen molar-refractivity contribution in [3.8, 4) is 0 Å². The molecule has 0 aliphatic carbocycles. The van der Waals surface area contributed by atoms with Gasteiger partial charge in [-0.2, -0.15) is 4.98 Å². The molecule has 0 amide bonds. The highest BCUT2D eigenvalue weighted by Gasteiger charge is 2.11. The van der Waals surface area contributed by atoms with Crippen molar-refractivity contribution >= 4 is 23.4 Å². The van der Waals surface area contributed by atoms with E-state index in [1.807, 2.05) is 0 Å². The van der Waals surface area contributed by atoms with E-state index in [1.165, 1.54) is 6.20 Å². The minimum Gasteiger partial charge on any atom is -0.383 e. The molecule has 0 saturated carbocycles. The molecule has 17 heavy (non-hydrogen) atoms. The number of nitrogens with two attached hydrogens (primary N) is 1. The van der Waals surface area contributed by atoms with Crippen LogP contribution in [-0.4, -0.2) is 29.7 Å². The number of nitrogen functional groups attached to an aromatic ring is 1. The predicted molar refractivity (Wildman–Crippen MR) is 69.0 cm³/mol. The van der Waals surface area contributed by atoms with Crippen LogP contribution in [0.4, 0.5) is 11.8 Å². The zero-order valence-electron chi connectivity index (χ0n) is 10.0. The molecule has 0 radical (unpaired) electrons. The van der Waals surface area contributed by atoms with Gasteiger partial charge in [-0.05, 0) is 6.42 Å². The summed E-state index contributed by atoms with van der Waals surface area (Å²) in [7, 11) is 1.67. The Bertz CT molecular complexity index is 343. The van der Waals surface area contributed by atoms with Gasteiger partial charge in [-0.1, -0.05) is 24.9 Å². The fourth-order valence-corrected chi connectivity index (χ4v) is 1.62. The van der Waals surface area contributed by atoms with Gasteiger partial charge in [0.15, 0.2) is 5.82 Å². The van der Waals surface area contributed by atoms with Gasteiger partial charge in [0.25, 0.3) is 0 Å². The summed E-state index contributed by atoms with van der Waals surface area (Å²) in [6.07, 6.45) is 3.52. The van der Waals surface area contributed by atoms with E-state index in [2.05, 4.69) is 27.6 Å². The van der Waals surface area contributed by atoms with Gasteiger partial charge in [0.05, 0.1) is 18.8 Å². The molecule has 7 heteroatoms. The van der Waals surface area contributed by atoms with Gasteiger partial charge in [-0.25, -0.2) is 10.8 Å². The van der Waals surface area contributed by atoms with Crippen molar-refractivity contribution in [3.05, 3.63) is 11.2 Å². The van der Waals surface area contributed by atoms with Crippen LogP contribution in [0, 0.1) is 0 Å². The molecule has 0 saturated heterocycles. The third kappa shape index (κ3) is 4.33. The van der Waals surface area contributed by atoms with Crippen molar-refractivity contribution in [2.24, 2.45) is 5.84 Å². The second-order valence-corrected chi connectivity index (χ2v) is 4.03. The van der Waals surface area contributed by atoms with E-state index in [-0.39, 0.29) is 6.04 Å². The Morgan fingerprint density at radius 2 is 2.35 bits per heavy atom. The maximum Gasteiger partial charge on any atom is 0.239 e. The molecule has 0 aliphatic rings. The van der Waals surface area contributed by atoms with Gasteiger partial charge in [0, 0.05) is 7.11 Å².